The van der Waals surface area contributed by atoms with E-state index in [2.05, 4.69) is 31.4 Å². The Kier molecular flexibility index (Phi) is 6.69. The molecule has 0 saturated heterocycles. The molecule has 0 aromatic heterocycles. The van der Waals surface area contributed by atoms with Crippen molar-refractivity contribution < 1.29 is 4.79 Å². The number of rotatable bonds is 7. The molecule has 1 amide bonds. The van der Waals surface area contributed by atoms with Crippen molar-refractivity contribution >= 4 is 5.91 Å². The van der Waals surface area contributed by atoms with Gasteiger partial charge in [-0.3, -0.25) is 4.79 Å². The molecule has 1 rings (SSSR count). The van der Waals surface area contributed by atoms with Crippen molar-refractivity contribution in [2.75, 3.05) is 13.1 Å². The second-order valence-corrected chi connectivity index (χ2v) is 6.27. The molecular weight excluding hydrogens is 224 g/mol. The van der Waals surface area contributed by atoms with Gasteiger partial charge in [0.25, 0.3) is 0 Å². The molecule has 0 radical (unpaired) electrons. The zero-order valence-corrected chi connectivity index (χ0v) is 12.5. The van der Waals surface area contributed by atoms with Crippen LogP contribution in [0.3, 0.4) is 0 Å². The summed E-state index contributed by atoms with van der Waals surface area (Å²) in [5.41, 5.74) is 0. The van der Waals surface area contributed by atoms with Gasteiger partial charge in [0.15, 0.2) is 0 Å². The van der Waals surface area contributed by atoms with Crippen molar-refractivity contribution in [1.82, 2.24) is 10.6 Å². The third-order valence-corrected chi connectivity index (χ3v) is 4.14. The molecule has 1 fully saturated rings. The molecule has 0 aromatic rings. The van der Waals surface area contributed by atoms with Crippen LogP contribution in [0, 0.1) is 17.8 Å². The standard InChI is InChI=1S/C15H30N2O/c1-11(2)8-9-16-15(18)13(4)17-10-14-7-5-6-12(14)3/h11-14,17H,5-10H2,1-4H3,(H,16,18). The van der Waals surface area contributed by atoms with Crippen LogP contribution in [-0.4, -0.2) is 25.0 Å². The Labute approximate surface area is 112 Å². The molecule has 0 heterocycles. The van der Waals surface area contributed by atoms with E-state index in [4.69, 9.17) is 0 Å². The van der Waals surface area contributed by atoms with Crippen LogP contribution >= 0.6 is 0 Å². The topological polar surface area (TPSA) is 41.1 Å². The normalized spacial score (nSPS) is 25.4. The lowest BCUT2D eigenvalue weighted by Gasteiger charge is -2.20. The summed E-state index contributed by atoms with van der Waals surface area (Å²) in [7, 11) is 0. The molecule has 0 aliphatic heterocycles. The van der Waals surface area contributed by atoms with Crippen LogP contribution in [-0.2, 0) is 4.79 Å². The Morgan fingerprint density at radius 2 is 2.00 bits per heavy atom. The van der Waals surface area contributed by atoms with Crippen LogP contribution in [0.25, 0.3) is 0 Å². The maximum atomic E-state index is 11.8. The van der Waals surface area contributed by atoms with E-state index in [1.54, 1.807) is 0 Å². The lowest BCUT2D eigenvalue weighted by molar-refractivity contribution is -0.122. The number of carbonyl (C=O) groups excluding carboxylic acids is 1. The minimum absolute atomic E-state index is 0.0648. The molecule has 3 unspecified atom stereocenters. The highest BCUT2D eigenvalue weighted by atomic mass is 16.2. The molecule has 106 valence electrons. The Hall–Kier alpha value is -0.570. The Morgan fingerprint density at radius 3 is 2.56 bits per heavy atom. The first-order valence-electron chi connectivity index (χ1n) is 7.51. The molecule has 1 aliphatic carbocycles. The van der Waals surface area contributed by atoms with Crippen molar-refractivity contribution in [3.8, 4) is 0 Å². The van der Waals surface area contributed by atoms with Crippen LogP contribution in [0.2, 0.25) is 0 Å². The fourth-order valence-corrected chi connectivity index (χ4v) is 2.58. The number of nitrogens with one attached hydrogen (secondary N) is 2. The molecular formula is C15H30N2O. The molecule has 3 heteroatoms. The molecule has 2 N–H and O–H groups in total. The maximum absolute atomic E-state index is 11.8. The minimum atomic E-state index is -0.0648. The summed E-state index contributed by atoms with van der Waals surface area (Å²) in [6, 6.07) is -0.0648. The molecule has 18 heavy (non-hydrogen) atoms. The quantitative estimate of drug-likeness (QED) is 0.733. The van der Waals surface area contributed by atoms with Crippen molar-refractivity contribution in [3.05, 3.63) is 0 Å². The van der Waals surface area contributed by atoms with E-state index in [0.717, 1.165) is 31.3 Å². The summed E-state index contributed by atoms with van der Waals surface area (Å²) < 4.78 is 0. The van der Waals surface area contributed by atoms with E-state index in [0.29, 0.717) is 5.92 Å². The number of carbonyl (C=O) groups is 1. The Bertz CT molecular complexity index is 253. The minimum Gasteiger partial charge on any atom is -0.355 e. The third-order valence-electron chi connectivity index (χ3n) is 4.14. The smallest absolute Gasteiger partial charge is 0.236 e. The summed E-state index contributed by atoms with van der Waals surface area (Å²) in [6.07, 6.45) is 5.07. The van der Waals surface area contributed by atoms with E-state index in [9.17, 15) is 4.79 Å². The summed E-state index contributed by atoms with van der Waals surface area (Å²) in [5.74, 6) is 2.36. The summed E-state index contributed by atoms with van der Waals surface area (Å²) in [6.45, 7) is 10.4. The number of hydrogen-bond acceptors (Lipinski definition) is 2. The SMILES string of the molecule is CC(C)CCNC(=O)C(C)NCC1CCCC1C. The highest BCUT2D eigenvalue weighted by molar-refractivity contribution is 5.81. The first-order valence-corrected chi connectivity index (χ1v) is 7.51. The predicted molar refractivity (Wildman–Crippen MR) is 76.4 cm³/mol. The first-order chi connectivity index (χ1) is 8.50. The summed E-state index contributed by atoms with van der Waals surface area (Å²) >= 11 is 0. The van der Waals surface area contributed by atoms with Gasteiger partial charge in [-0.2, -0.15) is 0 Å². The van der Waals surface area contributed by atoms with Gasteiger partial charge in [0.1, 0.15) is 0 Å². The zero-order chi connectivity index (χ0) is 13.5. The molecule has 3 atom stereocenters. The molecule has 0 bridgehead atoms. The maximum Gasteiger partial charge on any atom is 0.236 e. The van der Waals surface area contributed by atoms with Crippen LogP contribution in [0.15, 0.2) is 0 Å². The van der Waals surface area contributed by atoms with Gasteiger partial charge in [0, 0.05) is 6.54 Å². The summed E-state index contributed by atoms with van der Waals surface area (Å²) in [4.78, 5) is 11.8. The van der Waals surface area contributed by atoms with Gasteiger partial charge in [0.05, 0.1) is 6.04 Å². The highest BCUT2D eigenvalue weighted by Gasteiger charge is 2.24. The van der Waals surface area contributed by atoms with Gasteiger partial charge in [-0.05, 0) is 44.1 Å². The molecule has 3 nitrogen and oxygen atoms in total. The Morgan fingerprint density at radius 1 is 1.28 bits per heavy atom. The molecule has 0 aromatic carbocycles. The van der Waals surface area contributed by atoms with E-state index in [1.807, 2.05) is 6.92 Å². The van der Waals surface area contributed by atoms with Crippen molar-refractivity contribution in [3.63, 3.8) is 0 Å². The fraction of sp³-hybridized carbons (Fsp3) is 0.933. The van der Waals surface area contributed by atoms with Gasteiger partial charge in [-0.15, -0.1) is 0 Å². The number of amides is 1. The average molecular weight is 254 g/mol. The van der Waals surface area contributed by atoms with E-state index in [-0.39, 0.29) is 11.9 Å². The fourth-order valence-electron chi connectivity index (χ4n) is 2.58. The predicted octanol–water partition coefficient (Wildman–Crippen LogP) is 2.56. The van der Waals surface area contributed by atoms with Gasteiger partial charge < -0.3 is 10.6 Å². The first kappa shape index (κ1) is 15.5. The van der Waals surface area contributed by atoms with Gasteiger partial charge in [-0.1, -0.05) is 33.6 Å². The van der Waals surface area contributed by atoms with Crippen LogP contribution in [0.4, 0.5) is 0 Å². The molecule has 1 aliphatic rings. The third kappa shape index (κ3) is 5.38. The highest BCUT2D eigenvalue weighted by Crippen LogP contribution is 2.30. The van der Waals surface area contributed by atoms with E-state index < -0.39 is 0 Å². The second kappa shape index (κ2) is 7.78. The van der Waals surface area contributed by atoms with E-state index in [1.165, 1.54) is 19.3 Å². The van der Waals surface area contributed by atoms with Crippen LogP contribution < -0.4 is 10.6 Å². The van der Waals surface area contributed by atoms with Gasteiger partial charge in [0.2, 0.25) is 5.91 Å². The molecule has 1 saturated carbocycles. The molecule has 0 spiro atoms. The van der Waals surface area contributed by atoms with Gasteiger partial charge in [-0.25, -0.2) is 0 Å². The summed E-state index contributed by atoms with van der Waals surface area (Å²) in [5, 5.41) is 6.38. The number of hydrogen-bond donors (Lipinski definition) is 2. The van der Waals surface area contributed by atoms with Crippen molar-refractivity contribution in [2.24, 2.45) is 17.8 Å². The average Bonchev–Trinajstić information content (AvgIpc) is 2.71. The van der Waals surface area contributed by atoms with Crippen LogP contribution in [0.1, 0.15) is 53.4 Å². The largest absolute Gasteiger partial charge is 0.355 e. The lowest BCUT2D eigenvalue weighted by atomic mass is 9.98. The monoisotopic (exact) mass is 254 g/mol. The van der Waals surface area contributed by atoms with E-state index >= 15 is 0 Å². The Balaban J connectivity index is 2.15. The van der Waals surface area contributed by atoms with Gasteiger partial charge >= 0.3 is 0 Å². The van der Waals surface area contributed by atoms with Crippen LogP contribution in [0.5, 0.6) is 0 Å². The zero-order valence-electron chi connectivity index (χ0n) is 12.5. The van der Waals surface area contributed by atoms with Crippen molar-refractivity contribution in [1.29, 1.82) is 0 Å². The van der Waals surface area contributed by atoms with Crippen molar-refractivity contribution in [2.45, 2.75) is 59.4 Å². The lowest BCUT2D eigenvalue weighted by Crippen LogP contribution is -2.44. The second-order valence-electron chi connectivity index (χ2n) is 6.27.